The highest BCUT2D eigenvalue weighted by Gasteiger charge is 2.64. The van der Waals surface area contributed by atoms with E-state index in [1.807, 2.05) is 0 Å². The van der Waals surface area contributed by atoms with Gasteiger partial charge in [0.1, 0.15) is 23.9 Å². The van der Waals surface area contributed by atoms with Crippen molar-refractivity contribution in [2.24, 2.45) is 11.3 Å². The molecule has 0 radical (unpaired) electrons. The first-order chi connectivity index (χ1) is 15.0. The minimum Gasteiger partial charge on any atom is -0.484 e. The second-order valence-corrected chi connectivity index (χ2v) is 8.74. The van der Waals surface area contributed by atoms with Gasteiger partial charge >= 0.3 is 11.9 Å². The van der Waals surface area contributed by atoms with Crippen LogP contribution in [0.3, 0.4) is 0 Å². The third-order valence-corrected chi connectivity index (χ3v) is 5.32. The van der Waals surface area contributed by atoms with E-state index in [1.54, 1.807) is 51.1 Å². The number of esters is 2. The number of β-lactam (4-membered cyclic amide) rings is 1. The molecule has 2 aliphatic rings. The molecule has 3 rings (SSSR count). The summed E-state index contributed by atoms with van der Waals surface area (Å²) in [5, 5.41) is 2.50. The minimum absolute atomic E-state index is 0.325. The number of ketones is 1. The molecule has 2 aliphatic heterocycles. The van der Waals surface area contributed by atoms with Crippen LogP contribution in [0.15, 0.2) is 30.3 Å². The lowest BCUT2D eigenvalue weighted by Crippen LogP contribution is -2.72. The maximum absolute atomic E-state index is 12.6. The van der Waals surface area contributed by atoms with Gasteiger partial charge in [-0.3, -0.25) is 19.2 Å². The summed E-state index contributed by atoms with van der Waals surface area (Å²) < 4.78 is 15.2. The molecular formula is C22H26N2O8. The third kappa shape index (κ3) is 4.58. The van der Waals surface area contributed by atoms with Crippen molar-refractivity contribution < 1.29 is 38.2 Å². The zero-order chi connectivity index (χ0) is 23.6. The van der Waals surface area contributed by atoms with Crippen LogP contribution < -0.4 is 10.1 Å². The number of nitrogens with one attached hydrogen (secondary N) is 1. The Morgan fingerprint density at radius 3 is 2.34 bits per heavy atom. The van der Waals surface area contributed by atoms with Gasteiger partial charge < -0.3 is 24.4 Å². The number of rotatable bonds is 7. The number of carbonyl (C=O) groups excluding carboxylic acids is 5. The normalized spacial score (nSPS) is 24.3. The summed E-state index contributed by atoms with van der Waals surface area (Å²) in [6.07, 6.45) is 0. The second-order valence-electron chi connectivity index (χ2n) is 8.74. The van der Waals surface area contributed by atoms with Gasteiger partial charge in [-0.25, -0.2) is 4.79 Å². The van der Waals surface area contributed by atoms with E-state index in [0.717, 1.165) is 4.90 Å². The van der Waals surface area contributed by atoms with Gasteiger partial charge in [0.05, 0.1) is 5.41 Å². The number of carbonyl (C=O) groups is 5. The number of para-hydroxylation sites is 1. The Morgan fingerprint density at radius 2 is 1.72 bits per heavy atom. The molecule has 10 nitrogen and oxygen atoms in total. The second kappa shape index (κ2) is 8.97. The van der Waals surface area contributed by atoms with Gasteiger partial charge in [0, 0.05) is 5.92 Å². The van der Waals surface area contributed by atoms with Crippen LogP contribution in [0, 0.1) is 11.3 Å². The van der Waals surface area contributed by atoms with Crippen molar-refractivity contribution >= 4 is 29.5 Å². The highest BCUT2D eigenvalue weighted by Crippen LogP contribution is 2.37. The molecule has 1 N–H and O–H groups in total. The van der Waals surface area contributed by atoms with E-state index >= 15 is 0 Å². The number of fused-ring (bicyclic) bond motifs is 1. The molecule has 0 aromatic heterocycles. The number of Topliss-reactive ketones (excluding diaryl/α,β-unsaturated/α-hetero) is 1. The van der Waals surface area contributed by atoms with Gasteiger partial charge in [0.2, 0.25) is 12.7 Å². The highest BCUT2D eigenvalue weighted by atomic mass is 16.7. The zero-order valence-electron chi connectivity index (χ0n) is 18.3. The summed E-state index contributed by atoms with van der Waals surface area (Å²) >= 11 is 0. The van der Waals surface area contributed by atoms with Gasteiger partial charge in [0.25, 0.3) is 5.91 Å². The lowest BCUT2D eigenvalue weighted by molar-refractivity contribution is -0.180. The summed E-state index contributed by atoms with van der Waals surface area (Å²) in [6, 6.07) is 5.52. The standard InChI is InChI=1S/C22H26N2O8/c1-12-16(20(28)31-11-32-21(29)22(2,3)4)24-17(18(12)26)15(19(24)27)23-14(25)10-30-13-8-6-5-7-9-13/h5-9,12,15-17H,10-11H2,1-4H3,(H,23,25)/t12?,15?,16?,17-/m0/s1. The van der Waals surface area contributed by atoms with E-state index in [1.165, 1.54) is 6.92 Å². The van der Waals surface area contributed by atoms with Crippen LogP contribution in [0.25, 0.3) is 0 Å². The van der Waals surface area contributed by atoms with Crippen molar-refractivity contribution in [3.8, 4) is 5.75 Å². The summed E-state index contributed by atoms with van der Waals surface area (Å²) in [5.74, 6) is -3.21. The molecule has 0 aliphatic carbocycles. The lowest BCUT2D eigenvalue weighted by atomic mass is 9.93. The highest BCUT2D eigenvalue weighted by molar-refractivity contribution is 6.11. The fourth-order valence-corrected chi connectivity index (χ4v) is 3.57. The number of hydrogen-bond donors (Lipinski definition) is 1. The third-order valence-electron chi connectivity index (χ3n) is 5.32. The molecule has 0 saturated carbocycles. The van der Waals surface area contributed by atoms with Crippen molar-refractivity contribution in [2.45, 2.75) is 45.8 Å². The monoisotopic (exact) mass is 446 g/mol. The summed E-state index contributed by atoms with van der Waals surface area (Å²) in [6.45, 7) is 5.52. The summed E-state index contributed by atoms with van der Waals surface area (Å²) in [4.78, 5) is 62.8. The van der Waals surface area contributed by atoms with Crippen molar-refractivity contribution in [2.75, 3.05) is 13.4 Å². The van der Waals surface area contributed by atoms with Crippen molar-refractivity contribution in [3.05, 3.63) is 30.3 Å². The van der Waals surface area contributed by atoms with Crippen LogP contribution in [-0.2, 0) is 33.4 Å². The average Bonchev–Trinajstić information content (AvgIpc) is 2.98. The molecule has 2 fully saturated rings. The minimum atomic E-state index is -1.14. The van der Waals surface area contributed by atoms with Crippen LogP contribution in [-0.4, -0.2) is 66.0 Å². The fraction of sp³-hybridized carbons (Fsp3) is 0.500. The Labute approximate surface area is 185 Å². The van der Waals surface area contributed by atoms with Crippen LogP contribution in [0.5, 0.6) is 5.75 Å². The van der Waals surface area contributed by atoms with Crippen molar-refractivity contribution in [1.29, 1.82) is 0 Å². The first-order valence-corrected chi connectivity index (χ1v) is 10.2. The molecule has 0 bridgehead atoms. The van der Waals surface area contributed by atoms with Crippen LogP contribution in [0.1, 0.15) is 27.7 Å². The molecule has 0 spiro atoms. The molecule has 2 saturated heterocycles. The largest absolute Gasteiger partial charge is 0.484 e. The quantitative estimate of drug-likeness (QED) is 0.363. The molecule has 172 valence electrons. The maximum Gasteiger partial charge on any atom is 0.332 e. The summed E-state index contributed by atoms with van der Waals surface area (Å²) in [5.41, 5.74) is -0.767. The van der Waals surface area contributed by atoms with Gasteiger partial charge in [-0.15, -0.1) is 0 Å². The predicted octanol–water partition coefficient (Wildman–Crippen LogP) is 0.438. The van der Waals surface area contributed by atoms with Crippen LogP contribution in [0.2, 0.25) is 0 Å². The Bertz CT molecular complexity index is 924. The summed E-state index contributed by atoms with van der Waals surface area (Å²) in [7, 11) is 0. The average molecular weight is 446 g/mol. The van der Waals surface area contributed by atoms with Gasteiger partial charge in [-0.2, -0.15) is 0 Å². The molecule has 2 heterocycles. The number of benzene rings is 1. The first kappa shape index (κ1) is 23.2. The van der Waals surface area contributed by atoms with Gasteiger partial charge in [-0.05, 0) is 32.9 Å². The van der Waals surface area contributed by atoms with Gasteiger partial charge in [-0.1, -0.05) is 25.1 Å². The number of amides is 2. The van der Waals surface area contributed by atoms with E-state index in [4.69, 9.17) is 14.2 Å². The van der Waals surface area contributed by atoms with E-state index in [0.29, 0.717) is 5.75 Å². The SMILES string of the molecule is CC1C(=O)[C@@H]2C(NC(=O)COc3ccccc3)C(=O)N2C1C(=O)OCOC(=O)C(C)(C)C. The molecule has 4 atom stereocenters. The zero-order valence-corrected chi connectivity index (χ0v) is 18.3. The maximum atomic E-state index is 12.6. The molecule has 10 heteroatoms. The van der Waals surface area contributed by atoms with E-state index in [2.05, 4.69) is 5.32 Å². The topological polar surface area (TPSA) is 128 Å². The Morgan fingerprint density at radius 1 is 1.06 bits per heavy atom. The van der Waals surface area contributed by atoms with Crippen molar-refractivity contribution in [1.82, 2.24) is 10.2 Å². The van der Waals surface area contributed by atoms with E-state index in [-0.39, 0.29) is 12.4 Å². The molecule has 32 heavy (non-hydrogen) atoms. The smallest absolute Gasteiger partial charge is 0.332 e. The Balaban J connectivity index is 1.55. The number of hydrogen-bond acceptors (Lipinski definition) is 8. The molecule has 3 unspecified atom stereocenters. The number of ether oxygens (including phenoxy) is 3. The van der Waals surface area contributed by atoms with Crippen molar-refractivity contribution in [3.63, 3.8) is 0 Å². The van der Waals surface area contributed by atoms with E-state index < -0.39 is 60.0 Å². The number of nitrogens with zero attached hydrogens (tertiary/aromatic N) is 1. The van der Waals surface area contributed by atoms with Crippen LogP contribution in [0.4, 0.5) is 0 Å². The molecule has 1 aromatic carbocycles. The first-order valence-electron chi connectivity index (χ1n) is 10.2. The Kier molecular flexibility index (Phi) is 6.52. The molecule has 2 amide bonds. The lowest BCUT2D eigenvalue weighted by Gasteiger charge is -2.43. The van der Waals surface area contributed by atoms with Gasteiger partial charge in [0.15, 0.2) is 12.4 Å². The molecule has 1 aromatic rings. The fourth-order valence-electron chi connectivity index (χ4n) is 3.57. The van der Waals surface area contributed by atoms with E-state index in [9.17, 15) is 24.0 Å². The predicted molar refractivity (Wildman–Crippen MR) is 109 cm³/mol. The Hall–Kier alpha value is -3.43. The molecular weight excluding hydrogens is 420 g/mol. The van der Waals surface area contributed by atoms with Crippen LogP contribution >= 0.6 is 0 Å².